The topological polar surface area (TPSA) is 4.93 Å². The third-order valence-corrected chi connectivity index (χ3v) is 5.98. The van der Waals surface area contributed by atoms with Crippen molar-refractivity contribution in [3.63, 3.8) is 0 Å². The summed E-state index contributed by atoms with van der Waals surface area (Å²) in [6.45, 7) is 0. The zero-order valence-electron chi connectivity index (χ0n) is 11.2. The first-order valence-corrected chi connectivity index (χ1v) is 8.48. The average Bonchev–Trinajstić information content (AvgIpc) is 2.87. The maximum atomic E-state index is 3.60. The molecule has 1 heterocycles. The Hall–Kier alpha value is -0.0769. The summed E-state index contributed by atoms with van der Waals surface area (Å²) in [5.74, 6) is 0. The molecule has 105 valence electrons. The van der Waals surface area contributed by atoms with Crippen LogP contribution in [0.5, 0.6) is 0 Å². The molecule has 2 aromatic carbocycles. The van der Waals surface area contributed by atoms with Crippen LogP contribution in [0.2, 0.25) is 0 Å². The van der Waals surface area contributed by atoms with Crippen LogP contribution in [0, 0.1) is 0 Å². The van der Waals surface area contributed by atoms with Gasteiger partial charge in [-0.1, -0.05) is 0 Å². The van der Waals surface area contributed by atoms with Crippen molar-refractivity contribution in [3.8, 4) is 11.3 Å². The zero-order valence-corrected chi connectivity index (χ0v) is 16.8. The van der Waals surface area contributed by atoms with Gasteiger partial charge < -0.3 is 24.8 Å². The molecule has 5 heteroatoms. The molecule has 0 saturated heterocycles. The Morgan fingerprint density at radius 1 is 1.10 bits per heavy atom. The maximum absolute atomic E-state index is 3.60. The van der Waals surface area contributed by atoms with Gasteiger partial charge >= 0.3 is 136 Å². The minimum atomic E-state index is 0. The number of aromatic nitrogens is 1. The Labute approximate surface area is 159 Å². The molecule has 0 fully saturated rings. The predicted molar refractivity (Wildman–Crippen MR) is 77.9 cm³/mol. The van der Waals surface area contributed by atoms with E-state index in [0.29, 0.717) is 3.63 Å². The van der Waals surface area contributed by atoms with Gasteiger partial charge in [0.2, 0.25) is 0 Å². The van der Waals surface area contributed by atoms with Gasteiger partial charge in [-0.25, -0.2) is 0 Å². The summed E-state index contributed by atoms with van der Waals surface area (Å²) in [6, 6.07) is 15.4. The normalized spacial score (nSPS) is 15.1. The van der Waals surface area contributed by atoms with E-state index >= 15 is 0 Å². The number of para-hydroxylation sites is 1. The number of rotatable bonds is 0. The standard InChI is InChI=1S/C16H11BrN.2ClH.Zr/c1-18-15-5-3-2-4-13(15)14-9-10-8-11(17)6-7-12(10)16(14)18;;;/h2-9H,1H3;2*1H;/q;;;+2/p-2. The van der Waals surface area contributed by atoms with E-state index in [0.717, 1.165) is 0 Å². The van der Waals surface area contributed by atoms with Crippen molar-refractivity contribution >= 4 is 26.8 Å². The minimum absolute atomic E-state index is 0. The molecule has 3 aromatic rings. The summed E-state index contributed by atoms with van der Waals surface area (Å²) in [6.07, 6.45) is 0. The molecule has 1 atom stereocenters. The number of nitrogens with zero attached hydrogens (tertiary/aromatic N) is 1. The van der Waals surface area contributed by atoms with Crippen LogP contribution in [-0.4, -0.2) is 4.57 Å². The molecular weight excluding hydrogens is 448 g/mol. The molecule has 1 nitrogen and oxygen atoms in total. The predicted octanol–water partition coefficient (Wildman–Crippen LogP) is -1.43. The molecule has 0 saturated carbocycles. The molecule has 0 amide bonds. The van der Waals surface area contributed by atoms with Gasteiger partial charge in [0.1, 0.15) is 0 Å². The summed E-state index contributed by atoms with van der Waals surface area (Å²) < 4.78 is 4.08. The fourth-order valence-corrected chi connectivity index (χ4v) is 4.87. The number of fused-ring (bicyclic) bond motifs is 5. The van der Waals surface area contributed by atoms with E-state index in [1.54, 1.807) is 24.7 Å². The Kier molecular flexibility index (Phi) is 5.10. The second kappa shape index (κ2) is 6.20. The molecule has 4 rings (SSSR count). The first kappa shape index (κ1) is 17.3. The van der Waals surface area contributed by atoms with Gasteiger partial charge in [0.25, 0.3) is 0 Å². The molecule has 1 unspecified atom stereocenters. The first-order chi connectivity index (χ1) is 9.18. The van der Waals surface area contributed by atoms with Gasteiger partial charge in [-0.15, -0.1) is 0 Å². The molecule has 1 aromatic heterocycles. The quantitative estimate of drug-likeness (QED) is 0.389. The van der Waals surface area contributed by atoms with Crippen molar-refractivity contribution in [3.05, 3.63) is 58.1 Å². The Morgan fingerprint density at radius 2 is 1.81 bits per heavy atom. The van der Waals surface area contributed by atoms with Gasteiger partial charge in [-0.05, 0) is 0 Å². The monoisotopic (exact) mass is 456 g/mol. The minimum Gasteiger partial charge on any atom is -1.00 e. The molecule has 0 bridgehead atoms. The van der Waals surface area contributed by atoms with Crippen LogP contribution in [0.1, 0.15) is 14.8 Å². The largest absolute Gasteiger partial charge is 1.00 e. The van der Waals surface area contributed by atoms with Crippen LogP contribution in [-0.2, 0) is 31.8 Å². The van der Waals surface area contributed by atoms with Crippen molar-refractivity contribution in [2.75, 3.05) is 0 Å². The van der Waals surface area contributed by atoms with E-state index in [9.17, 15) is 0 Å². The van der Waals surface area contributed by atoms with Gasteiger partial charge in [0.05, 0.1) is 0 Å². The molecule has 1 aliphatic carbocycles. The molecule has 0 radical (unpaired) electrons. The van der Waals surface area contributed by atoms with E-state index in [2.05, 4.69) is 70.0 Å². The van der Waals surface area contributed by atoms with Gasteiger partial charge in [-0.3, -0.25) is 0 Å². The number of aryl methyl sites for hydroxylation is 1. The van der Waals surface area contributed by atoms with Gasteiger partial charge in [0.15, 0.2) is 0 Å². The molecule has 0 aliphatic heterocycles. The summed E-state index contributed by atoms with van der Waals surface area (Å²) in [5, 5.41) is 1.41. The van der Waals surface area contributed by atoms with Crippen molar-refractivity contribution in [2.24, 2.45) is 7.05 Å². The maximum Gasteiger partial charge on any atom is -1.00 e. The fraction of sp³-hybridized carbons (Fsp3) is 0.125. The van der Waals surface area contributed by atoms with Crippen molar-refractivity contribution in [1.29, 1.82) is 0 Å². The van der Waals surface area contributed by atoms with Crippen LogP contribution in [0.4, 0.5) is 0 Å². The van der Waals surface area contributed by atoms with Crippen molar-refractivity contribution in [2.45, 2.75) is 3.63 Å². The SMILES string of the molecule is Cn1c2c(c3ccccc31)[CH]([Zr+2])c1cc(Br)ccc1-2.[Cl-].[Cl-]. The van der Waals surface area contributed by atoms with E-state index in [-0.39, 0.29) is 24.8 Å². The van der Waals surface area contributed by atoms with E-state index in [1.165, 1.54) is 37.8 Å². The average molecular weight is 459 g/mol. The van der Waals surface area contributed by atoms with Gasteiger partial charge in [-0.2, -0.15) is 0 Å². The van der Waals surface area contributed by atoms with Crippen LogP contribution in [0.3, 0.4) is 0 Å². The van der Waals surface area contributed by atoms with E-state index < -0.39 is 0 Å². The van der Waals surface area contributed by atoms with E-state index in [4.69, 9.17) is 0 Å². The third-order valence-electron chi connectivity index (χ3n) is 4.01. The van der Waals surface area contributed by atoms with Crippen LogP contribution < -0.4 is 24.8 Å². The third kappa shape index (κ3) is 2.37. The number of hydrogen-bond donors (Lipinski definition) is 0. The Morgan fingerprint density at radius 3 is 2.57 bits per heavy atom. The number of benzene rings is 2. The summed E-state index contributed by atoms with van der Waals surface area (Å²) in [5.41, 5.74) is 7.14. The van der Waals surface area contributed by atoms with Crippen molar-refractivity contribution in [1.82, 2.24) is 4.57 Å². The molecule has 21 heavy (non-hydrogen) atoms. The fourth-order valence-electron chi connectivity index (χ4n) is 3.18. The Balaban J connectivity index is 0.000000807. The summed E-state index contributed by atoms with van der Waals surface area (Å²) >= 11 is 5.16. The molecule has 0 spiro atoms. The first-order valence-electron chi connectivity index (χ1n) is 6.26. The summed E-state index contributed by atoms with van der Waals surface area (Å²) in [4.78, 5) is 0. The van der Waals surface area contributed by atoms with E-state index in [1.807, 2.05) is 0 Å². The number of hydrogen-bond acceptors (Lipinski definition) is 0. The van der Waals surface area contributed by atoms with Crippen molar-refractivity contribution < 1.29 is 49.5 Å². The smallest absolute Gasteiger partial charge is 1.00 e. The zero-order chi connectivity index (χ0) is 13.1. The second-order valence-corrected chi connectivity index (χ2v) is 7.34. The molecule has 0 N–H and O–H groups in total. The van der Waals surface area contributed by atoms with Crippen LogP contribution in [0.15, 0.2) is 46.9 Å². The van der Waals surface area contributed by atoms with Gasteiger partial charge in [0, 0.05) is 0 Å². The second-order valence-electron chi connectivity index (χ2n) is 5.00. The molecular formula is C16H11BrCl2NZr. The Bertz CT molecular complexity index is 829. The van der Waals surface area contributed by atoms with Crippen LogP contribution in [0.25, 0.3) is 22.2 Å². The van der Waals surface area contributed by atoms with Crippen LogP contribution >= 0.6 is 15.9 Å². The summed E-state index contributed by atoms with van der Waals surface area (Å²) in [7, 11) is 2.18. The molecule has 1 aliphatic rings. The number of halogens is 3.